The predicted octanol–water partition coefficient (Wildman–Crippen LogP) is 4.85. The first-order valence-electron chi connectivity index (χ1n) is 7.85. The lowest BCUT2D eigenvalue weighted by atomic mass is 10.2. The van der Waals surface area contributed by atoms with Crippen molar-refractivity contribution in [2.75, 3.05) is 13.2 Å². The monoisotopic (exact) mass is 425 g/mol. The molecule has 1 aromatic carbocycles. The van der Waals surface area contributed by atoms with Gasteiger partial charge in [-0.1, -0.05) is 23.2 Å². The summed E-state index contributed by atoms with van der Waals surface area (Å²) in [5, 5.41) is 0.437. The van der Waals surface area contributed by atoms with Crippen LogP contribution in [0.4, 0.5) is 4.79 Å². The number of carbonyl (C=O) groups excluding carboxylic acids is 3. The number of nitrogens with zero attached hydrogens (tertiary/aromatic N) is 1. The van der Waals surface area contributed by atoms with E-state index in [1.807, 2.05) is 0 Å². The van der Waals surface area contributed by atoms with Crippen LogP contribution in [-0.4, -0.2) is 35.2 Å². The van der Waals surface area contributed by atoms with Crippen molar-refractivity contribution in [2.24, 2.45) is 0 Å². The molecule has 6 nitrogen and oxygen atoms in total. The highest BCUT2D eigenvalue weighted by molar-refractivity contribution is 8.18. The highest BCUT2D eigenvalue weighted by Gasteiger charge is 2.36. The molecule has 1 fully saturated rings. The molecule has 0 aliphatic carbocycles. The molecule has 1 aliphatic heterocycles. The molecule has 0 atom stereocenters. The number of benzene rings is 1. The Balaban J connectivity index is 1.81. The number of halogens is 2. The van der Waals surface area contributed by atoms with Gasteiger partial charge in [-0.15, -0.1) is 0 Å². The summed E-state index contributed by atoms with van der Waals surface area (Å²) >= 11 is 12.9. The Kier molecular flexibility index (Phi) is 5.94. The van der Waals surface area contributed by atoms with Crippen LogP contribution in [0.3, 0.4) is 0 Å². The lowest BCUT2D eigenvalue weighted by Gasteiger charge is -2.10. The first kappa shape index (κ1) is 19.5. The first-order chi connectivity index (χ1) is 12.9. The largest absolute Gasteiger partial charge is 0.465 e. The molecular weight excluding hydrogens is 413 g/mol. The van der Waals surface area contributed by atoms with Crippen LogP contribution in [0.25, 0.3) is 17.4 Å². The second-order valence-electron chi connectivity index (χ2n) is 5.40. The Morgan fingerprint density at radius 1 is 1.26 bits per heavy atom. The lowest BCUT2D eigenvalue weighted by Crippen LogP contribution is -2.34. The van der Waals surface area contributed by atoms with Crippen molar-refractivity contribution < 1.29 is 23.5 Å². The van der Waals surface area contributed by atoms with Crippen molar-refractivity contribution in [1.29, 1.82) is 0 Å². The van der Waals surface area contributed by atoms with Crippen LogP contribution in [-0.2, 0) is 14.3 Å². The van der Waals surface area contributed by atoms with Gasteiger partial charge in [0.15, 0.2) is 0 Å². The van der Waals surface area contributed by atoms with E-state index in [2.05, 4.69) is 0 Å². The summed E-state index contributed by atoms with van der Waals surface area (Å²) in [6.45, 7) is 1.40. The maximum atomic E-state index is 12.4. The number of thioether (sulfide) groups is 1. The van der Waals surface area contributed by atoms with Gasteiger partial charge in [-0.3, -0.25) is 19.3 Å². The molecule has 0 saturated carbocycles. The SMILES string of the molecule is CCOC(=O)CN1C(=O)S/C(=C\c2ccc(-c3cc(Cl)ccc3Cl)o2)C1=O. The fourth-order valence-electron chi connectivity index (χ4n) is 2.36. The number of carbonyl (C=O) groups is 3. The molecule has 0 bridgehead atoms. The molecule has 140 valence electrons. The van der Waals surface area contributed by atoms with Gasteiger partial charge in [-0.25, -0.2) is 0 Å². The van der Waals surface area contributed by atoms with Crippen LogP contribution in [0.1, 0.15) is 12.7 Å². The number of ether oxygens (including phenoxy) is 1. The van der Waals surface area contributed by atoms with Crippen LogP contribution in [0.15, 0.2) is 39.7 Å². The number of hydrogen-bond acceptors (Lipinski definition) is 6. The molecule has 9 heteroatoms. The number of furan rings is 1. The second-order valence-corrected chi connectivity index (χ2v) is 7.24. The minimum absolute atomic E-state index is 0.155. The van der Waals surface area contributed by atoms with Gasteiger partial charge < -0.3 is 9.15 Å². The number of rotatable bonds is 5. The Bertz CT molecular complexity index is 953. The molecule has 27 heavy (non-hydrogen) atoms. The predicted molar refractivity (Wildman–Crippen MR) is 103 cm³/mol. The lowest BCUT2D eigenvalue weighted by molar-refractivity contribution is -0.145. The summed E-state index contributed by atoms with van der Waals surface area (Å²) in [4.78, 5) is 36.9. The van der Waals surface area contributed by atoms with Gasteiger partial charge in [0.05, 0.1) is 16.5 Å². The van der Waals surface area contributed by atoms with Crippen molar-refractivity contribution >= 4 is 58.2 Å². The third-order valence-electron chi connectivity index (χ3n) is 3.56. The molecule has 3 rings (SSSR count). The fraction of sp³-hybridized carbons (Fsp3) is 0.167. The summed E-state index contributed by atoms with van der Waals surface area (Å²) in [6, 6.07) is 8.32. The number of imide groups is 1. The topological polar surface area (TPSA) is 76.8 Å². The highest BCUT2D eigenvalue weighted by Crippen LogP contribution is 2.35. The Hall–Kier alpha value is -2.22. The third-order valence-corrected chi connectivity index (χ3v) is 5.03. The molecule has 1 aliphatic rings. The highest BCUT2D eigenvalue weighted by atomic mass is 35.5. The molecule has 0 N–H and O–H groups in total. The maximum absolute atomic E-state index is 12.4. The van der Waals surface area contributed by atoms with Crippen LogP contribution in [0.5, 0.6) is 0 Å². The molecule has 1 aromatic heterocycles. The zero-order valence-corrected chi connectivity index (χ0v) is 16.4. The van der Waals surface area contributed by atoms with Gasteiger partial charge in [-0.2, -0.15) is 0 Å². The number of esters is 1. The summed E-state index contributed by atoms with van der Waals surface area (Å²) in [7, 11) is 0. The molecular formula is C18H13Cl2NO5S. The number of amides is 2. The van der Waals surface area contributed by atoms with Gasteiger partial charge in [0, 0.05) is 16.7 Å². The minimum atomic E-state index is -0.642. The summed E-state index contributed by atoms with van der Waals surface area (Å²) in [5.74, 6) is -0.379. The fourth-order valence-corrected chi connectivity index (χ4v) is 3.56. The van der Waals surface area contributed by atoms with Crippen molar-refractivity contribution in [3.05, 3.63) is 51.0 Å². The van der Waals surface area contributed by atoms with Gasteiger partial charge in [0.2, 0.25) is 0 Å². The van der Waals surface area contributed by atoms with E-state index in [1.165, 1.54) is 6.08 Å². The first-order valence-corrected chi connectivity index (χ1v) is 9.42. The van der Waals surface area contributed by atoms with Crippen LogP contribution in [0, 0.1) is 0 Å². The smallest absolute Gasteiger partial charge is 0.326 e. The molecule has 0 spiro atoms. The van der Waals surface area contributed by atoms with Gasteiger partial charge in [0.25, 0.3) is 11.1 Å². The van der Waals surface area contributed by atoms with Crippen molar-refractivity contribution in [1.82, 2.24) is 4.90 Å². The Morgan fingerprint density at radius 2 is 2.04 bits per heavy atom. The molecule has 0 unspecified atom stereocenters. The van der Waals surface area contributed by atoms with Crippen LogP contribution in [0.2, 0.25) is 10.0 Å². The van der Waals surface area contributed by atoms with E-state index in [0.717, 1.165) is 16.7 Å². The van der Waals surface area contributed by atoms with Crippen molar-refractivity contribution in [3.63, 3.8) is 0 Å². The van der Waals surface area contributed by atoms with Gasteiger partial charge in [-0.05, 0) is 49.0 Å². The average Bonchev–Trinajstić information content (AvgIpc) is 3.18. The second kappa shape index (κ2) is 8.21. The average molecular weight is 426 g/mol. The normalized spacial score (nSPS) is 15.7. The summed E-state index contributed by atoms with van der Waals surface area (Å²) < 4.78 is 10.5. The Morgan fingerprint density at radius 3 is 2.78 bits per heavy atom. The summed E-state index contributed by atoms with van der Waals surface area (Å²) in [6.07, 6.45) is 1.44. The van der Waals surface area contributed by atoms with Crippen LogP contribution < -0.4 is 0 Å². The van der Waals surface area contributed by atoms with E-state index in [4.69, 9.17) is 32.4 Å². The minimum Gasteiger partial charge on any atom is -0.465 e. The Labute approximate surface area is 169 Å². The van der Waals surface area contributed by atoms with E-state index in [1.54, 1.807) is 37.3 Å². The van der Waals surface area contributed by atoms with E-state index < -0.39 is 23.7 Å². The third kappa shape index (κ3) is 4.37. The summed E-state index contributed by atoms with van der Waals surface area (Å²) in [5.41, 5.74) is 0.610. The van der Waals surface area contributed by atoms with Crippen molar-refractivity contribution in [3.8, 4) is 11.3 Å². The van der Waals surface area contributed by atoms with E-state index in [0.29, 0.717) is 27.1 Å². The van der Waals surface area contributed by atoms with E-state index >= 15 is 0 Å². The zero-order chi connectivity index (χ0) is 19.6. The molecule has 2 aromatic rings. The van der Waals surface area contributed by atoms with Crippen molar-refractivity contribution in [2.45, 2.75) is 6.92 Å². The molecule has 2 heterocycles. The molecule has 2 amide bonds. The molecule has 1 saturated heterocycles. The standard InChI is InChI=1S/C18H13Cl2NO5S/c1-2-25-16(22)9-21-17(23)15(27-18(21)24)8-11-4-6-14(26-11)12-7-10(19)3-5-13(12)20/h3-8H,2,9H2,1H3/b15-8-. The van der Waals surface area contributed by atoms with Gasteiger partial charge >= 0.3 is 5.97 Å². The number of hydrogen-bond donors (Lipinski definition) is 0. The van der Waals surface area contributed by atoms with E-state index in [9.17, 15) is 14.4 Å². The van der Waals surface area contributed by atoms with E-state index in [-0.39, 0.29) is 11.5 Å². The quantitative estimate of drug-likeness (QED) is 0.503. The maximum Gasteiger partial charge on any atom is 0.326 e. The molecule has 0 radical (unpaired) electrons. The van der Waals surface area contributed by atoms with Gasteiger partial charge in [0.1, 0.15) is 18.1 Å². The zero-order valence-electron chi connectivity index (χ0n) is 14.0. The van der Waals surface area contributed by atoms with Crippen LogP contribution >= 0.6 is 35.0 Å².